The molecule has 0 unspecified atom stereocenters. The molecule has 3 rings (SSSR count). The van der Waals surface area contributed by atoms with Crippen molar-refractivity contribution in [2.45, 2.75) is 62.6 Å². The quantitative estimate of drug-likeness (QED) is 0.267. The summed E-state index contributed by atoms with van der Waals surface area (Å²) in [5.74, 6) is -4.41. The molecule has 0 saturated carbocycles. The molecular weight excluding hydrogens is 524 g/mol. The van der Waals surface area contributed by atoms with Gasteiger partial charge in [0, 0.05) is 27.2 Å². The minimum atomic E-state index is -2.19. The molecule has 2 heterocycles. The molecule has 0 saturated heterocycles. The second-order valence-corrected chi connectivity index (χ2v) is 9.71. The van der Waals surface area contributed by atoms with Crippen molar-refractivity contribution in [3.63, 3.8) is 0 Å². The van der Waals surface area contributed by atoms with Crippen LogP contribution < -0.4 is 10.2 Å². The van der Waals surface area contributed by atoms with Crippen LogP contribution in [0.5, 0.6) is 5.75 Å². The van der Waals surface area contributed by atoms with Gasteiger partial charge in [-0.2, -0.15) is 0 Å². The third-order valence-corrected chi connectivity index (χ3v) is 7.07. The van der Waals surface area contributed by atoms with Gasteiger partial charge in [-0.3, -0.25) is 19.2 Å². The summed E-state index contributed by atoms with van der Waals surface area (Å²) in [6.45, 7) is 5.02. The summed E-state index contributed by atoms with van der Waals surface area (Å²) in [7, 11) is 2.11. The zero-order valence-electron chi connectivity index (χ0n) is 21.5. The SMILES string of the molecule is COC(=O)[C@@H](C[C@@](OC(C)=O)(C(=O)OC)[C@@H]1Cc2c(oc3cc(C)cc(OC(C)=O)c3c2=O)S1)OC(C)=O. The lowest BCUT2D eigenvalue weighted by Gasteiger charge is -2.36. The molecule has 2 aromatic rings. The maximum Gasteiger partial charge on any atom is 0.351 e. The van der Waals surface area contributed by atoms with E-state index in [1.54, 1.807) is 13.0 Å². The number of esters is 5. The molecule has 1 aliphatic rings. The van der Waals surface area contributed by atoms with Crippen molar-refractivity contribution in [2.24, 2.45) is 0 Å². The van der Waals surface area contributed by atoms with Gasteiger partial charge in [0.05, 0.1) is 25.0 Å². The van der Waals surface area contributed by atoms with Crippen LogP contribution in [-0.4, -0.2) is 61.0 Å². The standard InChI is InChI=1S/C25H26O12S/c1-11-7-16(34-12(2)26)20-17(8-11)36-23-15(21(20)29)9-19(38-23)25(24(31)33-6,37-14(4)28)10-18(22(30)32-5)35-13(3)27/h7-8,18-19H,9-10H2,1-6H3/t18-,19+,25+/m1/s1. The van der Waals surface area contributed by atoms with E-state index in [2.05, 4.69) is 0 Å². The molecule has 0 amide bonds. The summed E-state index contributed by atoms with van der Waals surface area (Å²) in [5, 5.41) is -0.883. The Kier molecular flexibility index (Phi) is 8.50. The first-order chi connectivity index (χ1) is 17.8. The molecule has 204 valence electrons. The van der Waals surface area contributed by atoms with Crippen LogP contribution in [0.2, 0.25) is 0 Å². The predicted molar refractivity (Wildman–Crippen MR) is 131 cm³/mol. The van der Waals surface area contributed by atoms with Crippen LogP contribution >= 0.6 is 11.8 Å². The maximum absolute atomic E-state index is 13.6. The fourth-order valence-corrected chi connectivity index (χ4v) is 5.65. The number of carbonyl (C=O) groups is 5. The first-order valence-electron chi connectivity index (χ1n) is 11.3. The van der Waals surface area contributed by atoms with Gasteiger partial charge in [-0.05, 0) is 31.0 Å². The minimum Gasteiger partial charge on any atom is -0.466 e. The number of thioether (sulfide) groups is 1. The molecule has 0 aliphatic carbocycles. The first-order valence-corrected chi connectivity index (χ1v) is 12.2. The second-order valence-electron chi connectivity index (χ2n) is 8.54. The number of hydrogen-bond donors (Lipinski definition) is 0. The van der Waals surface area contributed by atoms with Crippen molar-refractivity contribution in [1.29, 1.82) is 0 Å². The molecule has 0 spiro atoms. The summed E-state index contributed by atoms with van der Waals surface area (Å²) < 4.78 is 31.4. The smallest absolute Gasteiger partial charge is 0.351 e. The molecule has 1 aromatic carbocycles. The number of hydrogen-bond acceptors (Lipinski definition) is 13. The summed E-state index contributed by atoms with van der Waals surface area (Å²) >= 11 is 0.919. The van der Waals surface area contributed by atoms with Gasteiger partial charge in [0.1, 0.15) is 16.7 Å². The molecule has 13 heteroatoms. The van der Waals surface area contributed by atoms with E-state index in [1.165, 1.54) is 13.0 Å². The Morgan fingerprint density at radius 3 is 2.29 bits per heavy atom. The van der Waals surface area contributed by atoms with Gasteiger partial charge in [0.2, 0.25) is 17.1 Å². The van der Waals surface area contributed by atoms with E-state index in [0.29, 0.717) is 5.56 Å². The third-order valence-electron chi connectivity index (χ3n) is 5.69. The predicted octanol–water partition coefficient (Wildman–Crippen LogP) is 2.01. The number of benzene rings is 1. The Morgan fingerprint density at radius 1 is 1.05 bits per heavy atom. The lowest BCUT2D eigenvalue weighted by atomic mass is 9.88. The number of carbonyl (C=O) groups excluding carboxylic acids is 5. The van der Waals surface area contributed by atoms with Crippen LogP contribution in [0.25, 0.3) is 11.0 Å². The van der Waals surface area contributed by atoms with Crippen LogP contribution in [0.1, 0.15) is 38.3 Å². The Balaban J connectivity index is 2.18. The van der Waals surface area contributed by atoms with Crippen molar-refractivity contribution in [3.8, 4) is 5.75 Å². The largest absolute Gasteiger partial charge is 0.466 e. The number of fused-ring (bicyclic) bond motifs is 2. The molecule has 0 fully saturated rings. The molecule has 0 bridgehead atoms. The molecule has 1 aromatic heterocycles. The van der Waals surface area contributed by atoms with Gasteiger partial charge in [-0.15, -0.1) is 0 Å². The normalized spacial score (nSPS) is 16.5. The van der Waals surface area contributed by atoms with E-state index in [4.69, 9.17) is 28.1 Å². The highest BCUT2D eigenvalue weighted by molar-refractivity contribution is 8.00. The maximum atomic E-state index is 13.6. The van der Waals surface area contributed by atoms with Crippen LogP contribution in [-0.2, 0) is 49.3 Å². The first kappa shape index (κ1) is 28.7. The molecule has 38 heavy (non-hydrogen) atoms. The molecular formula is C25H26O12S. The van der Waals surface area contributed by atoms with Crippen molar-refractivity contribution in [3.05, 3.63) is 33.5 Å². The Hall–Kier alpha value is -3.87. The molecule has 0 radical (unpaired) electrons. The fourth-order valence-electron chi connectivity index (χ4n) is 4.26. The molecule has 3 atom stereocenters. The van der Waals surface area contributed by atoms with E-state index in [0.717, 1.165) is 39.8 Å². The lowest BCUT2D eigenvalue weighted by molar-refractivity contribution is -0.189. The van der Waals surface area contributed by atoms with Crippen LogP contribution in [0, 0.1) is 6.92 Å². The van der Waals surface area contributed by atoms with Crippen LogP contribution in [0.15, 0.2) is 26.4 Å². The molecule has 1 aliphatic heterocycles. The second kappa shape index (κ2) is 11.3. The summed E-state index contributed by atoms with van der Waals surface area (Å²) in [6, 6.07) is 3.11. The Morgan fingerprint density at radius 2 is 1.74 bits per heavy atom. The zero-order valence-corrected chi connectivity index (χ0v) is 22.3. The topological polar surface area (TPSA) is 162 Å². The van der Waals surface area contributed by atoms with Crippen molar-refractivity contribution in [1.82, 2.24) is 0 Å². The number of rotatable bonds is 8. The van der Waals surface area contributed by atoms with Gasteiger partial charge in [-0.1, -0.05) is 11.8 Å². The van der Waals surface area contributed by atoms with Gasteiger partial charge in [0.15, 0.2) is 5.09 Å². The number of aryl methyl sites for hydroxylation is 1. The van der Waals surface area contributed by atoms with Crippen LogP contribution in [0.4, 0.5) is 0 Å². The number of methoxy groups -OCH3 is 2. The van der Waals surface area contributed by atoms with Crippen molar-refractivity contribution < 1.29 is 52.1 Å². The van der Waals surface area contributed by atoms with Crippen LogP contribution in [0.3, 0.4) is 0 Å². The Bertz CT molecular complexity index is 1380. The minimum absolute atomic E-state index is 0.0114. The van der Waals surface area contributed by atoms with Gasteiger partial charge in [-0.25, -0.2) is 9.59 Å². The highest BCUT2D eigenvalue weighted by atomic mass is 32.2. The molecule has 12 nitrogen and oxygen atoms in total. The third kappa shape index (κ3) is 5.67. The van der Waals surface area contributed by atoms with Gasteiger partial charge >= 0.3 is 29.8 Å². The molecule has 0 N–H and O–H groups in total. The van der Waals surface area contributed by atoms with E-state index in [-0.39, 0.29) is 33.8 Å². The summed E-state index contributed by atoms with van der Waals surface area (Å²) in [4.78, 5) is 74.7. The van der Waals surface area contributed by atoms with E-state index >= 15 is 0 Å². The summed E-state index contributed by atoms with van der Waals surface area (Å²) in [6.07, 6.45) is -2.45. The highest BCUT2D eigenvalue weighted by Gasteiger charge is 2.56. The van der Waals surface area contributed by atoms with Crippen molar-refractivity contribution >= 4 is 52.6 Å². The van der Waals surface area contributed by atoms with E-state index in [1.807, 2.05) is 0 Å². The Labute approximate surface area is 220 Å². The summed E-state index contributed by atoms with van der Waals surface area (Å²) in [5.41, 5.74) is -1.78. The zero-order chi connectivity index (χ0) is 28.4. The van der Waals surface area contributed by atoms with Crippen molar-refractivity contribution in [2.75, 3.05) is 14.2 Å². The van der Waals surface area contributed by atoms with E-state index in [9.17, 15) is 28.8 Å². The fraction of sp³-hybridized carbons (Fsp3) is 0.440. The monoisotopic (exact) mass is 550 g/mol. The number of ether oxygens (including phenoxy) is 5. The average Bonchev–Trinajstić information content (AvgIpc) is 3.25. The van der Waals surface area contributed by atoms with Gasteiger partial charge in [0.25, 0.3) is 0 Å². The lowest BCUT2D eigenvalue weighted by Crippen LogP contribution is -2.55. The highest BCUT2D eigenvalue weighted by Crippen LogP contribution is 2.46. The van der Waals surface area contributed by atoms with E-state index < -0.39 is 58.7 Å². The average molecular weight is 551 g/mol. The van der Waals surface area contributed by atoms with Gasteiger partial charge < -0.3 is 28.1 Å².